The molecule has 4 nitrogen and oxygen atoms in total. The number of halogens is 1. The molecule has 0 fully saturated rings. The van der Waals surface area contributed by atoms with Crippen LogP contribution in [0.2, 0.25) is 0 Å². The van der Waals surface area contributed by atoms with Crippen LogP contribution in [0.5, 0.6) is 0 Å². The van der Waals surface area contributed by atoms with E-state index in [1.165, 1.54) is 12.1 Å². The normalized spacial score (nSPS) is 10.5. The van der Waals surface area contributed by atoms with Crippen LogP contribution < -0.4 is 10.2 Å². The number of benzene rings is 1. The van der Waals surface area contributed by atoms with Crippen molar-refractivity contribution in [3.63, 3.8) is 0 Å². The maximum absolute atomic E-state index is 13.1. The Morgan fingerprint density at radius 3 is 2.43 bits per heavy atom. The van der Waals surface area contributed by atoms with E-state index in [1.807, 2.05) is 25.9 Å². The van der Waals surface area contributed by atoms with Gasteiger partial charge in [-0.15, -0.1) is 0 Å². The van der Waals surface area contributed by atoms with Crippen LogP contribution >= 0.6 is 0 Å². The van der Waals surface area contributed by atoms with E-state index in [0.29, 0.717) is 0 Å². The number of aryl methyl sites for hydroxylation is 1. The zero-order valence-electron chi connectivity index (χ0n) is 12.9. The molecule has 1 N–H and O–H groups in total. The molecule has 0 aliphatic rings. The first-order chi connectivity index (χ1) is 10.1. The maximum Gasteiger partial charge on any atom is 0.141 e. The molecule has 0 radical (unpaired) electrons. The summed E-state index contributed by atoms with van der Waals surface area (Å²) in [6.07, 6.45) is 1.82. The number of aromatic nitrogens is 2. The van der Waals surface area contributed by atoms with Gasteiger partial charge in [-0.3, -0.25) is 0 Å². The van der Waals surface area contributed by atoms with Gasteiger partial charge < -0.3 is 10.2 Å². The average Bonchev–Trinajstić information content (AvgIpc) is 2.49. The Kier molecular flexibility index (Phi) is 4.73. The number of rotatable bonds is 5. The first kappa shape index (κ1) is 15.2. The van der Waals surface area contributed by atoms with Crippen molar-refractivity contribution in [1.29, 1.82) is 0 Å². The van der Waals surface area contributed by atoms with Crippen LogP contribution in [0.25, 0.3) is 0 Å². The minimum atomic E-state index is -0.242. The molecule has 0 saturated heterocycles. The van der Waals surface area contributed by atoms with Crippen LogP contribution in [0.1, 0.15) is 24.7 Å². The van der Waals surface area contributed by atoms with Gasteiger partial charge in [0.15, 0.2) is 0 Å². The molecule has 1 heterocycles. The lowest BCUT2D eigenvalue weighted by atomic mass is 10.2. The molecule has 112 valence electrons. The zero-order valence-corrected chi connectivity index (χ0v) is 12.9. The molecule has 0 spiro atoms. The van der Waals surface area contributed by atoms with Gasteiger partial charge in [0.2, 0.25) is 0 Å². The van der Waals surface area contributed by atoms with Gasteiger partial charge in [-0.05, 0) is 37.6 Å². The molecule has 0 unspecified atom stereocenters. The van der Waals surface area contributed by atoms with Crippen LogP contribution in [-0.2, 0) is 6.42 Å². The molecule has 2 rings (SSSR count). The van der Waals surface area contributed by atoms with Crippen molar-refractivity contribution in [2.75, 3.05) is 24.3 Å². The van der Waals surface area contributed by atoms with E-state index in [0.717, 1.165) is 41.6 Å². The topological polar surface area (TPSA) is 41.1 Å². The number of nitrogens with zero attached hydrogens (tertiary/aromatic N) is 3. The van der Waals surface area contributed by atoms with Crippen LogP contribution in [0.3, 0.4) is 0 Å². The predicted octanol–water partition coefficient (Wildman–Crippen LogP) is 3.69. The van der Waals surface area contributed by atoms with Crippen molar-refractivity contribution >= 4 is 17.3 Å². The summed E-state index contributed by atoms with van der Waals surface area (Å²) in [5.74, 6) is 2.24. The van der Waals surface area contributed by atoms with E-state index in [1.54, 1.807) is 12.1 Å². The van der Waals surface area contributed by atoms with Gasteiger partial charge in [-0.25, -0.2) is 14.4 Å². The fourth-order valence-corrected chi connectivity index (χ4v) is 2.24. The van der Waals surface area contributed by atoms with Gasteiger partial charge >= 0.3 is 0 Å². The second-order valence-electron chi connectivity index (χ2n) is 4.97. The standard InChI is InChI=1S/C16H21FN4/c1-5-6-14-19-15(18-3)11(2)16(20-14)21(4)13-9-7-12(17)8-10-13/h7-10H,5-6H2,1-4H3,(H,18,19,20). The summed E-state index contributed by atoms with van der Waals surface area (Å²) in [7, 11) is 3.78. The van der Waals surface area contributed by atoms with Crippen molar-refractivity contribution in [1.82, 2.24) is 9.97 Å². The molecule has 0 atom stereocenters. The Labute approximate surface area is 125 Å². The highest BCUT2D eigenvalue weighted by atomic mass is 19.1. The summed E-state index contributed by atoms with van der Waals surface area (Å²) in [5.41, 5.74) is 1.87. The molecule has 0 saturated carbocycles. The third kappa shape index (κ3) is 3.29. The summed E-state index contributed by atoms with van der Waals surface area (Å²) >= 11 is 0. The fraction of sp³-hybridized carbons (Fsp3) is 0.375. The third-order valence-corrected chi connectivity index (χ3v) is 3.41. The zero-order chi connectivity index (χ0) is 15.4. The van der Waals surface area contributed by atoms with Crippen molar-refractivity contribution in [2.24, 2.45) is 0 Å². The molecule has 0 aliphatic heterocycles. The molecule has 1 aromatic carbocycles. The molecule has 1 aromatic heterocycles. The Balaban J connectivity index is 2.45. The second kappa shape index (κ2) is 6.52. The lowest BCUT2D eigenvalue weighted by Crippen LogP contribution is -2.16. The fourth-order valence-electron chi connectivity index (χ4n) is 2.24. The molecular formula is C16H21FN4. The van der Waals surface area contributed by atoms with Crippen LogP contribution in [0, 0.1) is 12.7 Å². The lowest BCUT2D eigenvalue weighted by Gasteiger charge is -2.22. The Morgan fingerprint density at radius 2 is 1.86 bits per heavy atom. The number of hydrogen-bond donors (Lipinski definition) is 1. The highest BCUT2D eigenvalue weighted by Gasteiger charge is 2.14. The average molecular weight is 288 g/mol. The smallest absolute Gasteiger partial charge is 0.141 e. The highest BCUT2D eigenvalue weighted by molar-refractivity contribution is 5.66. The van der Waals surface area contributed by atoms with Crippen molar-refractivity contribution < 1.29 is 4.39 Å². The number of nitrogens with one attached hydrogen (secondary N) is 1. The molecule has 0 aliphatic carbocycles. The second-order valence-corrected chi connectivity index (χ2v) is 4.97. The first-order valence-electron chi connectivity index (χ1n) is 7.11. The van der Waals surface area contributed by atoms with E-state index in [-0.39, 0.29) is 5.82 Å². The summed E-state index contributed by atoms with van der Waals surface area (Å²) in [4.78, 5) is 11.1. The van der Waals surface area contributed by atoms with Gasteiger partial charge in [0, 0.05) is 31.8 Å². The summed E-state index contributed by atoms with van der Waals surface area (Å²) < 4.78 is 13.1. The third-order valence-electron chi connectivity index (χ3n) is 3.41. The first-order valence-corrected chi connectivity index (χ1v) is 7.11. The Hall–Kier alpha value is -2.17. The van der Waals surface area contributed by atoms with E-state index in [4.69, 9.17) is 0 Å². The largest absolute Gasteiger partial charge is 0.373 e. The molecule has 2 aromatic rings. The monoisotopic (exact) mass is 288 g/mol. The van der Waals surface area contributed by atoms with Crippen molar-refractivity contribution in [3.05, 3.63) is 41.5 Å². The predicted molar refractivity (Wildman–Crippen MR) is 84.8 cm³/mol. The Bertz CT molecular complexity index is 610. The number of hydrogen-bond acceptors (Lipinski definition) is 4. The summed E-state index contributed by atoms with van der Waals surface area (Å²) in [6.45, 7) is 4.09. The highest BCUT2D eigenvalue weighted by Crippen LogP contribution is 2.28. The number of anilines is 3. The van der Waals surface area contributed by atoms with Gasteiger partial charge in [0.1, 0.15) is 23.3 Å². The van der Waals surface area contributed by atoms with Gasteiger partial charge in [-0.2, -0.15) is 0 Å². The van der Waals surface area contributed by atoms with Crippen molar-refractivity contribution in [2.45, 2.75) is 26.7 Å². The minimum absolute atomic E-state index is 0.242. The molecule has 0 bridgehead atoms. The Morgan fingerprint density at radius 1 is 1.19 bits per heavy atom. The van der Waals surface area contributed by atoms with E-state index in [2.05, 4.69) is 22.2 Å². The molecular weight excluding hydrogens is 267 g/mol. The van der Waals surface area contributed by atoms with E-state index < -0.39 is 0 Å². The summed E-state index contributed by atoms with van der Waals surface area (Å²) in [5, 5.41) is 3.11. The lowest BCUT2D eigenvalue weighted by molar-refractivity contribution is 0.628. The summed E-state index contributed by atoms with van der Waals surface area (Å²) in [6, 6.07) is 6.40. The minimum Gasteiger partial charge on any atom is -0.373 e. The van der Waals surface area contributed by atoms with Crippen LogP contribution in [0.4, 0.5) is 21.7 Å². The van der Waals surface area contributed by atoms with Gasteiger partial charge in [0.05, 0.1) is 0 Å². The van der Waals surface area contributed by atoms with Gasteiger partial charge in [0.25, 0.3) is 0 Å². The molecule has 0 amide bonds. The molecule has 21 heavy (non-hydrogen) atoms. The quantitative estimate of drug-likeness (QED) is 0.911. The van der Waals surface area contributed by atoms with E-state index in [9.17, 15) is 4.39 Å². The van der Waals surface area contributed by atoms with Crippen LogP contribution in [0.15, 0.2) is 24.3 Å². The van der Waals surface area contributed by atoms with Gasteiger partial charge in [-0.1, -0.05) is 6.92 Å². The molecule has 5 heteroatoms. The maximum atomic E-state index is 13.1. The van der Waals surface area contributed by atoms with Crippen LogP contribution in [-0.4, -0.2) is 24.1 Å². The SMILES string of the molecule is CCCc1nc(NC)c(C)c(N(C)c2ccc(F)cc2)n1. The van der Waals surface area contributed by atoms with Crippen molar-refractivity contribution in [3.8, 4) is 0 Å². The van der Waals surface area contributed by atoms with E-state index >= 15 is 0 Å².